The number of hydrogen-bond acceptors (Lipinski definition) is 3. The second-order valence-corrected chi connectivity index (χ2v) is 6.34. The van der Waals surface area contributed by atoms with Crippen molar-refractivity contribution in [2.24, 2.45) is 5.92 Å². The molecule has 2 unspecified atom stereocenters. The number of piperazine rings is 1. The summed E-state index contributed by atoms with van der Waals surface area (Å²) in [6, 6.07) is 1.74. The zero-order valence-corrected chi connectivity index (χ0v) is 12.3. The fourth-order valence-electron chi connectivity index (χ4n) is 3.08. The lowest BCUT2D eigenvalue weighted by atomic mass is 10.0. The van der Waals surface area contributed by atoms with Crippen LogP contribution in [0.3, 0.4) is 0 Å². The number of rotatable bonds is 4. The standard InChI is InChI=1S/C15H26N4/c1-4-13-7-16-15(12-5-6-12)10-18(13)14-8-17-19(9-14)11(2)3/h8-9,11-13,15-16H,4-7,10H2,1-3H3. The average molecular weight is 262 g/mol. The molecule has 0 amide bonds. The molecule has 1 saturated carbocycles. The van der Waals surface area contributed by atoms with Crippen molar-refractivity contribution in [1.29, 1.82) is 0 Å². The lowest BCUT2D eigenvalue weighted by molar-refractivity contribution is 0.359. The van der Waals surface area contributed by atoms with Gasteiger partial charge in [0.15, 0.2) is 0 Å². The van der Waals surface area contributed by atoms with Crippen LogP contribution in [0.1, 0.15) is 46.1 Å². The molecule has 1 aromatic heterocycles. The van der Waals surface area contributed by atoms with Crippen molar-refractivity contribution in [3.05, 3.63) is 12.4 Å². The number of nitrogens with zero attached hydrogens (tertiary/aromatic N) is 3. The largest absolute Gasteiger partial charge is 0.363 e. The monoisotopic (exact) mass is 262 g/mol. The third-order valence-electron chi connectivity index (χ3n) is 4.56. The van der Waals surface area contributed by atoms with Gasteiger partial charge in [-0.05, 0) is 39.0 Å². The van der Waals surface area contributed by atoms with Gasteiger partial charge >= 0.3 is 0 Å². The van der Waals surface area contributed by atoms with E-state index in [0.717, 1.165) is 19.0 Å². The molecule has 4 heteroatoms. The molecule has 1 aliphatic heterocycles. The predicted octanol–water partition coefficient (Wildman–Crippen LogP) is 2.43. The molecule has 2 fully saturated rings. The quantitative estimate of drug-likeness (QED) is 0.904. The van der Waals surface area contributed by atoms with E-state index in [4.69, 9.17) is 0 Å². The number of anilines is 1. The topological polar surface area (TPSA) is 33.1 Å². The summed E-state index contributed by atoms with van der Waals surface area (Å²) in [6.45, 7) is 8.90. The van der Waals surface area contributed by atoms with Crippen LogP contribution in [0.5, 0.6) is 0 Å². The summed E-state index contributed by atoms with van der Waals surface area (Å²) < 4.78 is 2.07. The molecular weight excluding hydrogens is 236 g/mol. The zero-order valence-electron chi connectivity index (χ0n) is 12.3. The molecule has 0 spiro atoms. The molecule has 2 aliphatic rings. The Bertz CT molecular complexity index is 422. The van der Waals surface area contributed by atoms with Crippen LogP contribution in [-0.4, -0.2) is 35.0 Å². The Balaban J connectivity index is 1.77. The summed E-state index contributed by atoms with van der Waals surface area (Å²) >= 11 is 0. The van der Waals surface area contributed by atoms with E-state index in [0.29, 0.717) is 18.1 Å². The first-order valence-corrected chi connectivity index (χ1v) is 7.73. The van der Waals surface area contributed by atoms with E-state index < -0.39 is 0 Å². The SMILES string of the molecule is CCC1CNC(C2CC2)CN1c1cnn(C(C)C)c1. The van der Waals surface area contributed by atoms with E-state index in [1.165, 1.54) is 24.9 Å². The second kappa shape index (κ2) is 5.16. The maximum Gasteiger partial charge on any atom is 0.0756 e. The Hall–Kier alpha value is -1.03. The first kappa shape index (κ1) is 13.0. The van der Waals surface area contributed by atoms with Gasteiger partial charge < -0.3 is 10.2 Å². The molecule has 2 atom stereocenters. The molecule has 1 saturated heterocycles. The van der Waals surface area contributed by atoms with Crippen molar-refractivity contribution >= 4 is 5.69 Å². The van der Waals surface area contributed by atoms with Crippen LogP contribution in [0.25, 0.3) is 0 Å². The Morgan fingerprint density at radius 3 is 2.79 bits per heavy atom. The molecule has 3 rings (SSSR count). The molecule has 0 bridgehead atoms. The molecule has 106 valence electrons. The highest BCUT2D eigenvalue weighted by Crippen LogP contribution is 2.35. The predicted molar refractivity (Wildman–Crippen MR) is 78.6 cm³/mol. The van der Waals surface area contributed by atoms with Gasteiger partial charge in [0, 0.05) is 37.4 Å². The Kier molecular flexibility index (Phi) is 3.52. The first-order valence-electron chi connectivity index (χ1n) is 7.73. The van der Waals surface area contributed by atoms with Crippen LogP contribution in [0.4, 0.5) is 5.69 Å². The van der Waals surface area contributed by atoms with Gasteiger partial charge in [-0.2, -0.15) is 5.10 Å². The average Bonchev–Trinajstić information content (AvgIpc) is 3.14. The Morgan fingerprint density at radius 1 is 1.42 bits per heavy atom. The van der Waals surface area contributed by atoms with E-state index in [-0.39, 0.29) is 0 Å². The third-order valence-corrected chi connectivity index (χ3v) is 4.56. The van der Waals surface area contributed by atoms with E-state index in [1.807, 2.05) is 6.20 Å². The summed E-state index contributed by atoms with van der Waals surface area (Å²) in [5.74, 6) is 0.917. The molecule has 1 aromatic rings. The minimum Gasteiger partial charge on any atom is -0.363 e. The van der Waals surface area contributed by atoms with Gasteiger partial charge in [-0.3, -0.25) is 4.68 Å². The molecule has 0 radical (unpaired) electrons. The zero-order chi connectivity index (χ0) is 13.4. The van der Waals surface area contributed by atoms with Crippen LogP contribution < -0.4 is 10.2 Å². The molecule has 19 heavy (non-hydrogen) atoms. The van der Waals surface area contributed by atoms with Crippen molar-refractivity contribution in [3.63, 3.8) is 0 Å². The van der Waals surface area contributed by atoms with Gasteiger partial charge in [-0.1, -0.05) is 6.92 Å². The van der Waals surface area contributed by atoms with Gasteiger partial charge in [0.1, 0.15) is 0 Å². The summed E-state index contributed by atoms with van der Waals surface area (Å²) in [6.07, 6.45) is 8.26. The van der Waals surface area contributed by atoms with Gasteiger partial charge in [0.2, 0.25) is 0 Å². The van der Waals surface area contributed by atoms with Crippen molar-refractivity contribution in [2.75, 3.05) is 18.0 Å². The molecule has 0 aromatic carbocycles. The van der Waals surface area contributed by atoms with Crippen LogP contribution in [0.15, 0.2) is 12.4 Å². The van der Waals surface area contributed by atoms with E-state index >= 15 is 0 Å². The first-order chi connectivity index (χ1) is 9.19. The fraction of sp³-hybridized carbons (Fsp3) is 0.800. The maximum absolute atomic E-state index is 4.50. The van der Waals surface area contributed by atoms with Crippen molar-refractivity contribution in [3.8, 4) is 0 Å². The van der Waals surface area contributed by atoms with E-state index in [2.05, 4.69) is 47.0 Å². The van der Waals surface area contributed by atoms with Gasteiger partial charge in [-0.15, -0.1) is 0 Å². The van der Waals surface area contributed by atoms with E-state index in [1.54, 1.807) is 0 Å². The highest BCUT2D eigenvalue weighted by molar-refractivity contribution is 5.45. The van der Waals surface area contributed by atoms with Crippen molar-refractivity contribution in [1.82, 2.24) is 15.1 Å². The fourth-order valence-corrected chi connectivity index (χ4v) is 3.08. The minimum absolute atomic E-state index is 0.441. The summed E-state index contributed by atoms with van der Waals surface area (Å²) in [5.41, 5.74) is 1.30. The lowest BCUT2D eigenvalue weighted by Crippen LogP contribution is -2.57. The Labute approximate surface area is 116 Å². The van der Waals surface area contributed by atoms with Gasteiger partial charge in [-0.25, -0.2) is 0 Å². The Morgan fingerprint density at radius 2 is 2.21 bits per heavy atom. The van der Waals surface area contributed by atoms with Crippen LogP contribution in [-0.2, 0) is 0 Å². The third kappa shape index (κ3) is 2.64. The van der Waals surface area contributed by atoms with Gasteiger partial charge in [0.25, 0.3) is 0 Å². The lowest BCUT2D eigenvalue weighted by Gasteiger charge is -2.41. The normalized spacial score (nSPS) is 28.1. The van der Waals surface area contributed by atoms with Crippen LogP contribution in [0.2, 0.25) is 0 Å². The molecule has 1 N–H and O–H groups in total. The molecule has 4 nitrogen and oxygen atoms in total. The summed E-state index contributed by atoms with van der Waals surface area (Å²) in [4.78, 5) is 2.57. The van der Waals surface area contributed by atoms with Crippen LogP contribution in [0, 0.1) is 5.92 Å². The van der Waals surface area contributed by atoms with E-state index in [9.17, 15) is 0 Å². The van der Waals surface area contributed by atoms with Crippen molar-refractivity contribution in [2.45, 2.75) is 58.2 Å². The van der Waals surface area contributed by atoms with Gasteiger partial charge in [0.05, 0.1) is 11.9 Å². The van der Waals surface area contributed by atoms with Crippen molar-refractivity contribution < 1.29 is 0 Å². The second-order valence-electron chi connectivity index (χ2n) is 6.34. The highest BCUT2D eigenvalue weighted by atomic mass is 15.3. The van der Waals surface area contributed by atoms with Crippen LogP contribution >= 0.6 is 0 Å². The highest BCUT2D eigenvalue weighted by Gasteiger charge is 2.37. The number of aromatic nitrogens is 2. The summed E-state index contributed by atoms with van der Waals surface area (Å²) in [5, 5.41) is 8.24. The number of nitrogens with one attached hydrogen (secondary N) is 1. The smallest absolute Gasteiger partial charge is 0.0756 e. The number of hydrogen-bond donors (Lipinski definition) is 1. The maximum atomic E-state index is 4.50. The molecule has 2 heterocycles. The summed E-state index contributed by atoms with van der Waals surface area (Å²) in [7, 11) is 0. The molecular formula is C15H26N4. The molecule has 1 aliphatic carbocycles. The minimum atomic E-state index is 0.441.